The lowest BCUT2D eigenvalue weighted by atomic mass is 10.2. The Kier molecular flexibility index (Phi) is 4.05. The number of rotatable bonds is 3. The normalized spacial score (nSPS) is 14.6. The fourth-order valence-corrected chi connectivity index (χ4v) is 3.76. The lowest BCUT2D eigenvalue weighted by Gasteiger charge is -2.37. The fourth-order valence-electron chi connectivity index (χ4n) is 3.76. The van der Waals surface area contributed by atoms with Gasteiger partial charge < -0.3 is 15.5 Å². The second kappa shape index (κ2) is 6.84. The molecule has 140 valence electrons. The maximum Gasteiger partial charge on any atom is 0.167 e. The van der Waals surface area contributed by atoms with Gasteiger partial charge >= 0.3 is 0 Å². The Balaban J connectivity index is 1.42. The van der Waals surface area contributed by atoms with Crippen LogP contribution in [0.15, 0.2) is 67.3 Å². The molecule has 0 bridgehead atoms. The van der Waals surface area contributed by atoms with E-state index in [1.54, 1.807) is 12.7 Å². The molecular formula is C21H21N7. The summed E-state index contributed by atoms with van der Waals surface area (Å²) in [7, 11) is 0. The Morgan fingerprint density at radius 2 is 1.39 bits per heavy atom. The highest BCUT2D eigenvalue weighted by molar-refractivity contribution is 5.80. The molecule has 0 amide bonds. The summed E-state index contributed by atoms with van der Waals surface area (Å²) in [6.07, 6.45) is 3.35. The SMILES string of the molecule is Nc1c(N2CCN(c3ccccc3)CC2)ncnc1-n1cnc2ccccc21. The molecule has 7 heteroatoms. The van der Waals surface area contributed by atoms with Gasteiger partial charge in [0.25, 0.3) is 0 Å². The first-order chi connectivity index (χ1) is 13.8. The first-order valence-electron chi connectivity index (χ1n) is 9.39. The topological polar surface area (TPSA) is 76.1 Å². The van der Waals surface area contributed by atoms with Crippen LogP contribution in [0.2, 0.25) is 0 Å². The van der Waals surface area contributed by atoms with E-state index < -0.39 is 0 Å². The zero-order chi connectivity index (χ0) is 18.9. The van der Waals surface area contributed by atoms with Crippen molar-refractivity contribution in [3.05, 3.63) is 67.3 Å². The molecule has 2 aromatic heterocycles. The van der Waals surface area contributed by atoms with Gasteiger partial charge in [-0.25, -0.2) is 15.0 Å². The van der Waals surface area contributed by atoms with Crippen molar-refractivity contribution in [3.8, 4) is 5.82 Å². The molecule has 0 atom stereocenters. The molecule has 2 N–H and O–H groups in total. The van der Waals surface area contributed by atoms with E-state index in [1.807, 2.05) is 34.9 Å². The maximum atomic E-state index is 6.51. The minimum absolute atomic E-state index is 0.582. The predicted molar refractivity (Wildman–Crippen MR) is 112 cm³/mol. The summed E-state index contributed by atoms with van der Waals surface area (Å²) in [5.41, 5.74) is 10.2. The standard InChI is InChI=1S/C21H21N7/c22-19-20(27-12-10-26(11-13-27)16-6-2-1-3-7-16)23-14-24-21(19)28-15-25-17-8-4-5-9-18(17)28/h1-9,14-15H,10-13,22H2. The third-order valence-corrected chi connectivity index (χ3v) is 5.22. The number of hydrogen-bond donors (Lipinski definition) is 1. The van der Waals surface area contributed by atoms with Gasteiger partial charge in [-0.2, -0.15) is 0 Å². The molecule has 0 spiro atoms. The second-order valence-electron chi connectivity index (χ2n) is 6.85. The monoisotopic (exact) mass is 371 g/mol. The van der Waals surface area contributed by atoms with Crippen molar-refractivity contribution in [1.82, 2.24) is 19.5 Å². The number of nitrogens with zero attached hydrogens (tertiary/aromatic N) is 6. The third kappa shape index (κ3) is 2.81. The number of para-hydroxylation sites is 3. The van der Waals surface area contributed by atoms with Crippen LogP contribution >= 0.6 is 0 Å². The number of benzene rings is 2. The lowest BCUT2D eigenvalue weighted by Crippen LogP contribution is -2.47. The van der Waals surface area contributed by atoms with Crippen LogP contribution < -0.4 is 15.5 Å². The molecule has 7 nitrogen and oxygen atoms in total. The van der Waals surface area contributed by atoms with E-state index in [0.717, 1.165) is 43.0 Å². The molecule has 3 heterocycles. The summed E-state index contributed by atoms with van der Waals surface area (Å²) >= 11 is 0. The van der Waals surface area contributed by atoms with E-state index >= 15 is 0 Å². The van der Waals surface area contributed by atoms with Crippen molar-refractivity contribution in [3.63, 3.8) is 0 Å². The summed E-state index contributed by atoms with van der Waals surface area (Å²) < 4.78 is 1.93. The van der Waals surface area contributed by atoms with Crippen molar-refractivity contribution in [2.24, 2.45) is 0 Å². The highest BCUT2D eigenvalue weighted by atomic mass is 15.3. The summed E-state index contributed by atoms with van der Waals surface area (Å²) in [6.45, 7) is 3.58. The van der Waals surface area contributed by atoms with Gasteiger partial charge in [0.1, 0.15) is 18.3 Å². The average Bonchev–Trinajstić information content (AvgIpc) is 3.19. The molecule has 5 rings (SSSR count). The van der Waals surface area contributed by atoms with Crippen molar-refractivity contribution in [2.45, 2.75) is 0 Å². The predicted octanol–water partition coefficient (Wildman–Crippen LogP) is 2.72. The molecule has 1 aliphatic heterocycles. The van der Waals surface area contributed by atoms with Gasteiger partial charge in [-0.3, -0.25) is 4.57 Å². The van der Waals surface area contributed by atoms with Gasteiger partial charge in [-0.15, -0.1) is 0 Å². The van der Waals surface area contributed by atoms with Crippen molar-refractivity contribution in [2.75, 3.05) is 41.7 Å². The van der Waals surface area contributed by atoms with Gasteiger partial charge in [0, 0.05) is 31.9 Å². The quantitative estimate of drug-likeness (QED) is 0.597. The molecule has 0 saturated carbocycles. The van der Waals surface area contributed by atoms with Crippen molar-refractivity contribution < 1.29 is 0 Å². The Bertz CT molecular complexity index is 1100. The molecule has 2 aromatic carbocycles. The van der Waals surface area contributed by atoms with Crippen molar-refractivity contribution >= 4 is 28.2 Å². The molecule has 0 radical (unpaired) electrons. The number of nitrogens with two attached hydrogens (primary N) is 1. The number of fused-ring (bicyclic) bond motifs is 1. The van der Waals surface area contributed by atoms with Gasteiger partial charge in [-0.1, -0.05) is 30.3 Å². The number of hydrogen-bond acceptors (Lipinski definition) is 6. The molecule has 1 aliphatic rings. The Hall–Kier alpha value is -3.61. The molecule has 0 aliphatic carbocycles. The number of nitrogen functional groups attached to an aromatic ring is 1. The van der Waals surface area contributed by atoms with E-state index in [0.29, 0.717) is 11.5 Å². The van der Waals surface area contributed by atoms with Gasteiger partial charge in [-0.05, 0) is 24.3 Å². The Morgan fingerprint density at radius 3 is 2.21 bits per heavy atom. The van der Waals surface area contributed by atoms with Crippen LogP contribution in [-0.4, -0.2) is 45.7 Å². The molecule has 28 heavy (non-hydrogen) atoms. The first kappa shape index (κ1) is 16.6. The lowest BCUT2D eigenvalue weighted by molar-refractivity contribution is 0.647. The van der Waals surface area contributed by atoms with Gasteiger partial charge in [0.15, 0.2) is 11.6 Å². The van der Waals surface area contributed by atoms with E-state index in [-0.39, 0.29) is 0 Å². The van der Waals surface area contributed by atoms with Crippen LogP contribution in [0.25, 0.3) is 16.9 Å². The van der Waals surface area contributed by atoms with Crippen molar-refractivity contribution in [1.29, 1.82) is 0 Å². The largest absolute Gasteiger partial charge is 0.393 e. The highest BCUT2D eigenvalue weighted by Crippen LogP contribution is 2.28. The van der Waals surface area contributed by atoms with Gasteiger partial charge in [0.05, 0.1) is 11.0 Å². The number of piperazine rings is 1. The molecule has 0 unspecified atom stereocenters. The van der Waals surface area contributed by atoms with E-state index in [1.165, 1.54) is 5.69 Å². The minimum Gasteiger partial charge on any atom is -0.393 e. The number of aromatic nitrogens is 4. The summed E-state index contributed by atoms with van der Waals surface area (Å²) in [4.78, 5) is 18.0. The molecular weight excluding hydrogens is 350 g/mol. The highest BCUT2D eigenvalue weighted by Gasteiger charge is 2.22. The van der Waals surface area contributed by atoms with Crippen LogP contribution in [0.4, 0.5) is 17.2 Å². The number of imidazole rings is 1. The van der Waals surface area contributed by atoms with Crippen LogP contribution in [0.1, 0.15) is 0 Å². The molecule has 4 aromatic rings. The third-order valence-electron chi connectivity index (χ3n) is 5.22. The molecule has 1 fully saturated rings. The summed E-state index contributed by atoms with van der Waals surface area (Å²) in [5.74, 6) is 1.46. The zero-order valence-corrected chi connectivity index (χ0v) is 15.4. The second-order valence-corrected chi connectivity index (χ2v) is 6.85. The zero-order valence-electron chi connectivity index (χ0n) is 15.4. The van der Waals surface area contributed by atoms with E-state index in [2.05, 4.69) is 49.0 Å². The summed E-state index contributed by atoms with van der Waals surface area (Å²) in [5, 5.41) is 0. The fraction of sp³-hybridized carbons (Fsp3) is 0.190. The van der Waals surface area contributed by atoms with Crippen LogP contribution in [-0.2, 0) is 0 Å². The number of anilines is 3. The van der Waals surface area contributed by atoms with E-state index in [4.69, 9.17) is 5.73 Å². The minimum atomic E-state index is 0.582. The van der Waals surface area contributed by atoms with Gasteiger partial charge in [0.2, 0.25) is 0 Å². The van der Waals surface area contributed by atoms with Crippen LogP contribution in [0.3, 0.4) is 0 Å². The van der Waals surface area contributed by atoms with Crippen LogP contribution in [0, 0.1) is 0 Å². The summed E-state index contributed by atoms with van der Waals surface area (Å²) in [6, 6.07) is 18.5. The maximum absolute atomic E-state index is 6.51. The average molecular weight is 371 g/mol. The van der Waals surface area contributed by atoms with Crippen LogP contribution in [0.5, 0.6) is 0 Å². The molecule has 1 saturated heterocycles. The first-order valence-corrected chi connectivity index (χ1v) is 9.39. The Morgan fingerprint density at radius 1 is 0.714 bits per heavy atom. The van der Waals surface area contributed by atoms with E-state index in [9.17, 15) is 0 Å². The Labute approximate surface area is 163 Å². The smallest absolute Gasteiger partial charge is 0.167 e.